The highest BCUT2D eigenvalue weighted by molar-refractivity contribution is 6.30. The number of benzene rings is 1. The molecule has 9 heteroatoms. The van der Waals surface area contributed by atoms with Gasteiger partial charge in [0.15, 0.2) is 5.82 Å². The first kappa shape index (κ1) is 21.2. The fourth-order valence-corrected chi connectivity index (χ4v) is 4.29. The van der Waals surface area contributed by atoms with Crippen LogP contribution in [0.1, 0.15) is 48.3 Å². The van der Waals surface area contributed by atoms with E-state index in [1.165, 1.54) is 4.80 Å². The van der Waals surface area contributed by atoms with Crippen LogP contribution in [0.4, 0.5) is 0 Å². The average Bonchev–Trinajstić information content (AvgIpc) is 3.35. The van der Waals surface area contributed by atoms with Gasteiger partial charge in [-0.2, -0.15) is 9.90 Å². The molecule has 1 amide bonds. The van der Waals surface area contributed by atoms with Gasteiger partial charge in [-0.25, -0.2) is 0 Å². The first-order chi connectivity index (χ1) is 14.9. The number of nitrogens with zero attached hydrogens (tertiary/aromatic N) is 7. The van der Waals surface area contributed by atoms with Crippen molar-refractivity contribution in [3.05, 3.63) is 64.2 Å². The molecule has 31 heavy (non-hydrogen) atoms. The predicted molar refractivity (Wildman–Crippen MR) is 119 cm³/mol. The van der Waals surface area contributed by atoms with Gasteiger partial charge in [-0.15, -0.1) is 10.2 Å². The topological polar surface area (TPSA) is 81.7 Å². The smallest absolute Gasteiger partial charge is 0.246 e. The molecule has 1 saturated heterocycles. The first-order valence-electron chi connectivity index (χ1n) is 10.4. The maximum atomic E-state index is 12.9. The van der Waals surface area contributed by atoms with Gasteiger partial charge in [-0.05, 0) is 67.3 Å². The van der Waals surface area contributed by atoms with E-state index < -0.39 is 0 Å². The number of likely N-dealkylation sites (tertiary alicyclic amines) is 1. The van der Waals surface area contributed by atoms with Crippen LogP contribution in [0.2, 0.25) is 5.02 Å². The lowest BCUT2D eigenvalue weighted by Gasteiger charge is -2.36. The molecule has 0 N–H and O–H groups in total. The van der Waals surface area contributed by atoms with Crippen molar-refractivity contribution in [1.29, 1.82) is 0 Å². The van der Waals surface area contributed by atoms with Crippen LogP contribution in [-0.2, 0) is 18.4 Å². The lowest BCUT2D eigenvalue weighted by Crippen LogP contribution is -2.43. The number of carbonyl (C=O) groups excluding carboxylic acids is 1. The zero-order chi connectivity index (χ0) is 22.0. The molecule has 1 aliphatic rings. The number of aryl methyl sites for hydroxylation is 2. The first-order valence-corrected chi connectivity index (χ1v) is 10.8. The van der Waals surface area contributed by atoms with Crippen LogP contribution in [0.15, 0.2) is 36.5 Å². The Morgan fingerprint density at radius 2 is 2.13 bits per heavy atom. The number of tetrazole rings is 1. The highest BCUT2D eigenvalue weighted by atomic mass is 35.5. The predicted octanol–water partition coefficient (Wildman–Crippen LogP) is 3.22. The summed E-state index contributed by atoms with van der Waals surface area (Å²) in [6.07, 6.45) is 7.30. The molecule has 4 rings (SSSR count). The second-order valence-electron chi connectivity index (χ2n) is 8.06. The molecular formula is C22H26ClN7O. The van der Waals surface area contributed by atoms with Gasteiger partial charge >= 0.3 is 0 Å². The molecule has 3 heterocycles. The minimum Gasteiger partial charge on any atom is -0.336 e. The number of amides is 1. The standard InChI is InChI=1S/C22H26ClN7O/c1-15-12-18(21-9-10-28(3)26-21)8-11-29(15)22(31)7-5-17-4-6-20(23)13-19(17)14-30-25-16(2)24-27-30/h4-7,9-10,13,15,18H,8,11-12,14H2,1-3H3/b7-5+/t15-,18?/m1/s1. The van der Waals surface area contributed by atoms with Crippen molar-refractivity contribution in [3.63, 3.8) is 0 Å². The van der Waals surface area contributed by atoms with Gasteiger partial charge in [-0.1, -0.05) is 17.7 Å². The fraction of sp³-hybridized carbons (Fsp3) is 0.409. The van der Waals surface area contributed by atoms with Gasteiger partial charge in [0.25, 0.3) is 0 Å². The monoisotopic (exact) mass is 439 g/mol. The normalized spacial score (nSPS) is 19.3. The van der Waals surface area contributed by atoms with Gasteiger partial charge in [0, 0.05) is 42.8 Å². The summed E-state index contributed by atoms with van der Waals surface area (Å²) in [5, 5.41) is 17.3. The van der Waals surface area contributed by atoms with Crippen molar-refractivity contribution in [2.24, 2.45) is 7.05 Å². The molecule has 0 bridgehead atoms. The Bertz CT molecular complexity index is 1100. The number of hydrogen-bond donors (Lipinski definition) is 0. The Morgan fingerprint density at radius 3 is 2.81 bits per heavy atom. The van der Waals surface area contributed by atoms with E-state index >= 15 is 0 Å². The third-order valence-corrected chi connectivity index (χ3v) is 5.92. The second kappa shape index (κ2) is 9.01. The highest BCUT2D eigenvalue weighted by Gasteiger charge is 2.29. The van der Waals surface area contributed by atoms with Crippen molar-refractivity contribution in [1.82, 2.24) is 34.9 Å². The number of rotatable bonds is 5. The van der Waals surface area contributed by atoms with E-state index in [1.54, 1.807) is 13.0 Å². The second-order valence-corrected chi connectivity index (χ2v) is 8.50. The number of halogens is 1. The summed E-state index contributed by atoms with van der Waals surface area (Å²) in [7, 11) is 1.93. The molecule has 3 aromatic rings. The molecule has 1 unspecified atom stereocenters. The van der Waals surface area contributed by atoms with Crippen LogP contribution in [0.25, 0.3) is 6.08 Å². The van der Waals surface area contributed by atoms with Gasteiger partial charge in [0.1, 0.15) is 0 Å². The van der Waals surface area contributed by atoms with E-state index in [9.17, 15) is 4.79 Å². The van der Waals surface area contributed by atoms with Gasteiger partial charge < -0.3 is 4.90 Å². The van der Waals surface area contributed by atoms with Crippen LogP contribution in [0.5, 0.6) is 0 Å². The largest absolute Gasteiger partial charge is 0.336 e. The molecule has 0 saturated carbocycles. The highest BCUT2D eigenvalue weighted by Crippen LogP contribution is 2.30. The molecular weight excluding hydrogens is 414 g/mol. The number of piperidine rings is 1. The maximum absolute atomic E-state index is 12.9. The van der Waals surface area contributed by atoms with Crippen molar-refractivity contribution in [2.45, 2.75) is 45.2 Å². The Morgan fingerprint density at radius 1 is 1.29 bits per heavy atom. The molecule has 162 valence electrons. The van der Waals surface area contributed by atoms with Crippen molar-refractivity contribution in [3.8, 4) is 0 Å². The molecule has 0 radical (unpaired) electrons. The van der Waals surface area contributed by atoms with Crippen LogP contribution in [0.3, 0.4) is 0 Å². The quantitative estimate of drug-likeness (QED) is 0.570. The summed E-state index contributed by atoms with van der Waals surface area (Å²) >= 11 is 6.19. The van der Waals surface area contributed by atoms with E-state index in [-0.39, 0.29) is 11.9 Å². The molecule has 2 aromatic heterocycles. The zero-order valence-electron chi connectivity index (χ0n) is 17.9. The Labute approximate surface area is 186 Å². The molecule has 0 aliphatic carbocycles. The Kier molecular flexibility index (Phi) is 6.18. The van der Waals surface area contributed by atoms with E-state index in [1.807, 2.05) is 47.1 Å². The summed E-state index contributed by atoms with van der Waals surface area (Å²) in [5.41, 5.74) is 2.94. The fourth-order valence-electron chi connectivity index (χ4n) is 4.09. The molecule has 1 aliphatic heterocycles. The third-order valence-electron chi connectivity index (χ3n) is 5.69. The van der Waals surface area contributed by atoms with Crippen molar-refractivity contribution in [2.75, 3.05) is 6.54 Å². The summed E-state index contributed by atoms with van der Waals surface area (Å²) in [4.78, 5) is 16.4. The van der Waals surface area contributed by atoms with E-state index in [0.29, 0.717) is 23.3 Å². The third kappa shape index (κ3) is 5.02. The Hall–Kier alpha value is -3.00. The van der Waals surface area contributed by atoms with Crippen LogP contribution >= 0.6 is 11.6 Å². The summed E-state index contributed by atoms with van der Waals surface area (Å²) < 4.78 is 1.83. The maximum Gasteiger partial charge on any atom is 0.246 e. The zero-order valence-corrected chi connectivity index (χ0v) is 18.7. The SMILES string of the molecule is Cc1nnn(Cc2cc(Cl)ccc2/C=C/C(=O)N2CCC(c3ccn(C)n3)C[C@H]2C)n1. The number of aromatic nitrogens is 6. The molecule has 1 fully saturated rings. The lowest BCUT2D eigenvalue weighted by atomic mass is 9.89. The minimum atomic E-state index is 0.0163. The van der Waals surface area contributed by atoms with E-state index in [4.69, 9.17) is 11.6 Å². The molecule has 1 aromatic carbocycles. The van der Waals surface area contributed by atoms with Crippen LogP contribution in [-0.4, -0.2) is 53.4 Å². The van der Waals surface area contributed by atoms with E-state index in [0.717, 1.165) is 36.2 Å². The number of hydrogen-bond acceptors (Lipinski definition) is 5. The van der Waals surface area contributed by atoms with Crippen molar-refractivity contribution < 1.29 is 4.79 Å². The van der Waals surface area contributed by atoms with Crippen LogP contribution in [0, 0.1) is 6.92 Å². The lowest BCUT2D eigenvalue weighted by molar-refractivity contribution is -0.129. The van der Waals surface area contributed by atoms with Crippen LogP contribution < -0.4 is 0 Å². The van der Waals surface area contributed by atoms with Gasteiger partial charge in [-0.3, -0.25) is 9.48 Å². The van der Waals surface area contributed by atoms with Gasteiger partial charge in [0.2, 0.25) is 5.91 Å². The Balaban J connectivity index is 1.44. The van der Waals surface area contributed by atoms with Crippen molar-refractivity contribution >= 4 is 23.6 Å². The van der Waals surface area contributed by atoms with E-state index in [2.05, 4.69) is 33.5 Å². The molecule has 2 atom stereocenters. The summed E-state index contributed by atoms with van der Waals surface area (Å²) in [6.45, 7) is 5.05. The molecule has 8 nitrogen and oxygen atoms in total. The summed E-state index contributed by atoms with van der Waals surface area (Å²) in [5.74, 6) is 1.02. The summed E-state index contributed by atoms with van der Waals surface area (Å²) in [6, 6.07) is 7.82. The number of carbonyl (C=O) groups is 1. The minimum absolute atomic E-state index is 0.0163. The molecule has 0 spiro atoms. The van der Waals surface area contributed by atoms with Gasteiger partial charge in [0.05, 0.1) is 12.2 Å². The average molecular weight is 440 g/mol.